The SMILES string of the molecule is C#Cc1c(F)ccc2cc(O)cc(-c3ncc4c(N5CC6CCC(C5)N6)nc(OCC5CCN(CCCC6CCC7(CC6)CCN(C(=O)c6ccc(Cl)c(N8CCC(=O)NC8=O)c6)CC7)CC5)nc4c3F)c12. The van der Waals surface area contributed by atoms with Crippen molar-refractivity contribution in [2.75, 3.05) is 68.8 Å². The summed E-state index contributed by atoms with van der Waals surface area (Å²) >= 11 is 6.45. The molecule has 1 aliphatic carbocycles. The number of aromatic hydroxyl groups is 1. The first kappa shape index (κ1) is 48.1. The van der Waals surface area contributed by atoms with E-state index in [9.17, 15) is 19.5 Å². The minimum Gasteiger partial charge on any atom is -0.508 e. The topological polar surface area (TPSA) is 156 Å². The second-order valence-corrected chi connectivity index (χ2v) is 21.5. The molecule has 11 rings (SSSR count). The van der Waals surface area contributed by atoms with Crippen LogP contribution in [0.4, 0.5) is 25.1 Å². The van der Waals surface area contributed by atoms with E-state index >= 15 is 8.78 Å². The summed E-state index contributed by atoms with van der Waals surface area (Å²) in [5, 5.41) is 18.2. The van der Waals surface area contributed by atoms with Gasteiger partial charge in [-0.3, -0.25) is 24.8 Å². The zero-order chi connectivity index (χ0) is 49.7. The molecule has 1 spiro atoms. The molecule has 5 aliphatic heterocycles. The van der Waals surface area contributed by atoms with Crippen LogP contribution in [-0.2, 0) is 4.79 Å². The minimum atomic E-state index is -0.729. The number of hydrogen-bond donors (Lipinski definition) is 3. The van der Waals surface area contributed by atoms with Crippen molar-refractivity contribution in [3.63, 3.8) is 0 Å². The number of hydrogen-bond acceptors (Lipinski definition) is 11. The highest BCUT2D eigenvalue weighted by Gasteiger charge is 2.40. The van der Waals surface area contributed by atoms with Gasteiger partial charge >= 0.3 is 12.0 Å². The standard InChI is InChI=1S/C55H60ClF2N9O5/c1-2-40-44(57)10-6-35-26-39(68)28-41(47(35)40)49-48(58)50-42(29-59-49)51(66-30-37-7-8-38(31-66)60-37)63-53(62-50)72-32-34-13-21-64(22-14-34)20-3-4-33-11-16-55(17-12-33)18-24-65(25-19-55)52(70)36-5-9-43(56)45(27-36)67-23-15-46(69)61-54(67)71/h1,5-6,9-10,26-29,33-34,37-38,60,68H,3-4,7-8,11-25,30-32H2,(H,61,69,71). The first-order chi connectivity index (χ1) is 34.9. The number of nitrogens with one attached hydrogen (secondary N) is 2. The van der Waals surface area contributed by atoms with Gasteiger partial charge in [0, 0.05) is 73.9 Å². The number of fused-ring (bicyclic) bond motifs is 4. The summed E-state index contributed by atoms with van der Waals surface area (Å²) in [5.74, 6) is 2.13. The summed E-state index contributed by atoms with van der Waals surface area (Å²) in [5.41, 5.74) is 1.29. The maximum Gasteiger partial charge on any atom is 0.328 e. The first-order valence-corrected chi connectivity index (χ1v) is 26.1. The van der Waals surface area contributed by atoms with Gasteiger partial charge in [0.25, 0.3) is 5.91 Å². The Kier molecular flexibility index (Phi) is 13.4. The van der Waals surface area contributed by atoms with Gasteiger partial charge in [0.05, 0.1) is 28.3 Å². The Morgan fingerprint density at radius 2 is 1.68 bits per heavy atom. The maximum absolute atomic E-state index is 17.0. The summed E-state index contributed by atoms with van der Waals surface area (Å²) in [6.07, 6.45) is 20.8. The van der Waals surface area contributed by atoms with Crippen LogP contribution in [0.3, 0.4) is 0 Å². The minimum absolute atomic E-state index is 0.0380. The largest absolute Gasteiger partial charge is 0.508 e. The van der Waals surface area contributed by atoms with Crippen LogP contribution in [0.1, 0.15) is 99.4 Å². The van der Waals surface area contributed by atoms with E-state index in [1.165, 1.54) is 67.7 Å². The van der Waals surface area contributed by atoms with Gasteiger partial charge in [0.15, 0.2) is 5.82 Å². The molecular formula is C55H60ClF2N9O5. The molecule has 0 radical (unpaired) electrons. The monoisotopic (exact) mass is 999 g/mol. The molecule has 6 aliphatic rings. The smallest absolute Gasteiger partial charge is 0.328 e. The summed E-state index contributed by atoms with van der Waals surface area (Å²) in [7, 11) is 0. The van der Waals surface area contributed by atoms with Crippen LogP contribution in [0.5, 0.6) is 11.8 Å². The van der Waals surface area contributed by atoms with Crippen LogP contribution in [-0.4, -0.2) is 119 Å². The third-order valence-electron chi connectivity index (χ3n) is 16.7. The fraction of sp³-hybridized carbons (Fsp3) is 0.491. The number of ether oxygens (including phenoxy) is 1. The summed E-state index contributed by atoms with van der Waals surface area (Å²) in [4.78, 5) is 60.1. The van der Waals surface area contributed by atoms with Gasteiger partial charge in [-0.1, -0.05) is 23.6 Å². The van der Waals surface area contributed by atoms with Gasteiger partial charge in [-0.2, -0.15) is 9.97 Å². The molecule has 3 aromatic carbocycles. The summed E-state index contributed by atoms with van der Waals surface area (Å²) in [6.45, 7) is 6.51. The molecule has 2 unspecified atom stereocenters. The second-order valence-electron chi connectivity index (χ2n) is 21.1. The number of likely N-dealkylation sites (tertiary alicyclic amines) is 2. The second kappa shape index (κ2) is 20.0. The molecule has 7 heterocycles. The molecule has 2 bridgehead atoms. The van der Waals surface area contributed by atoms with Gasteiger partial charge in [-0.25, -0.2) is 13.6 Å². The number of benzene rings is 3. The van der Waals surface area contributed by atoms with Crippen molar-refractivity contribution in [2.24, 2.45) is 17.3 Å². The van der Waals surface area contributed by atoms with Gasteiger partial charge < -0.3 is 29.9 Å². The molecule has 72 heavy (non-hydrogen) atoms. The molecule has 2 aromatic heterocycles. The normalized spacial score (nSPS) is 21.9. The van der Waals surface area contributed by atoms with Crippen LogP contribution >= 0.6 is 11.6 Å². The molecule has 2 atom stereocenters. The first-order valence-electron chi connectivity index (χ1n) is 25.8. The van der Waals surface area contributed by atoms with Crippen molar-refractivity contribution in [2.45, 2.75) is 95.6 Å². The molecular weight excluding hydrogens is 940 g/mol. The molecule has 4 amide bonds. The number of imide groups is 1. The molecule has 1 saturated carbocycles. The zero-order valence-corrected chi connectivity index (χ0v) is 41.2. The van der Waals surface area contributed by atoms with Crippen molar-refractivity contribution in [1.29, 1.82) is 0 Å². The van der Waals surface area contributed by atoms with E-state index in [0.717, 1.165) is 64.1 Å². The average molecular weight is 1000 g/mol. The van der Waals surface area contributed by atoms with Gasteiger partial charge in [-0.05, 0) is 156 Å². The van der Waals surface area contributed by atoms with Gasteiger partial charge in [0.1, 0.15) is 28.6 Å². The highest BCUT2D eigenvalue weighted by Crippen LogP contribution is 2.48. The van der Waals surface area contributed by atoms with Crippen molar-refractivity contribution < 1.29 is 33.0 Å². The zero-order valence-electron chi connectivity index (χ0n) is 40.4. The number of phenolic OH excluding ortho intramolecular Hbond substituents is 1. The Hall–Kier alpha value is -6.15. The lowest BCUT2D eigenvalue weighted by molar-refractivity contribution is -0.120. The summed E-state index contributed by atoms with van der Waals surface area (Å²) in [6, 6.07) is 10.8. The highest BCUT2D eigenvalue weighted by molar-refractivity contribution is 6.34. The Bertz CT molecular complexity index is 2970. The van der Waals surface area contributed by atoms with E-state index in [1.807, 2.05) is 4.90 Å². The van der Waals surface area contributed by atoms with E-state index in [0.29, 0.717) is 83.7 Å². The van der Waals surface area contributed by atoms with Crippen LogP contribution in [0.15, 0.2) is 48.7 Å². The van der Waals surface area contributed by atoms with Crippen molar-refractivity contribution >= 4 is 62.6 Å². The van der Waals surface area contributed by atoms with Crippen LogP contribution in [0, 0.1) is 41.2 Å². The number of aromatic nitrogens is 3. The van der Waals surface area contributed by atoms with Crippen molar-refractivity contribution in [3.05, 3.63) is 76.4 Å². The number of amides is 4. The van der Waals surface area contributed by atoms with Crippen molar-refractivity contribution in [3.8, 4) is 35.4 Å². The lowest BCUT2D eigenvalue weighted by Gasteiger charge is -2.46. The Morgan fingerprint density at radius 1 is 0.917 bits per heavy atom. The Labute approximate surface area is 422 Å². The number of urea groups is 1. The number of piperazine rings is 1. The molecule has 6 fully saturated rings. The lowest BCUT2D eigenvalue weighted by atomic mass is 9.65. The molecule has 376 valence electrons. The predicted octanol–water partition coefficient (Wildman–Crippen LogP) is 8.83. The third kappa shape index (κ3) is 9.63. The number of nitrogens with zero attached hydrogens (tertiary/aromatic N) is 7. The van der Waals surface area contributed by atoms with Crippen LogP contribution < -0.4 is 25.2 Å². The van der Waals surface area contributed by atoms with E-state index in [2.05, 4.69) is 36.3 Å². The number of anilines is 2. The predicted molar refractivity (Wildman–Crippen MR) is 272 cm³/mol. The van der Waals surface area contributed by atoms with E-state index < -0.39 is 17.7 Å². The fourth-order valence-electron chi connectivity index (χ4n) is 12.5. The van der Waals surface area contributed by atoms with Crippen molar-refractivity contribution in [1.82, 2.24) is 35.4 Å². The number of piperidine rings is 2. The number of carbonyl (C=O) groups is 3. The number of pyridine rings is 1. The van der Waals surface area contributed by atoms with E-state index in [-0.39, 0.29) is 69.7 Å². The summed E-state index contributed by atoms with van der Waals surface area (Å²) < 4.78 is 38.4. The fourth-order valence-corrected chi connectivity index (χ4v) is 12.7. The van der Waals surface area contributed by atoms with E-state index in [4.69, 9.17) is 27.7 Å². The maximum atomic E-state index is 17.0. The number of halogens is 3. The van der Waals surface area contributed by atoms with E-state index in [1.54, 1.807) is 24.4 Å². The highest BCUT2D eigenvalue weighted by atomic mass is 35.5. The molecule has 17 heteroatoms. The molecule has 5 saturated heterocycles. The average Bonchev–Trinajstić information content (AvgIpc) is 3.73. The van der Waals surface area contributed by atoms with Gasteiger partial charge in [0.2, 0.25) is 5.91 Å². The number of carbonyl (C=O) groups excluding carboxylic acids is 3. The number of terminal acetylenes is 1. The Morgan fingerprint density at radius 3 is 2.42 bits per heavy atom. The quantitative estimate of drug-likeness (QED) is 0.109. The molecule has 3 N–H and O–H groups in total. The molecule has 14 nitrogen and oxygen atoms in total. The number of rotatable bonds is 11. The van der Waals surface area contributed by atoms with Crippen LogP contribution in [0.25, 0.3) is 32.9 Å². The van der Waals surface area contributed by atoms with Gasteiger partial charge in [-0.15, -0.1) is 6.42 Å². The van der Waals surface area contributed by atoms with Crippen LogP contribution in [0.2, 0.25) is 5.02 Å². The lowest BCUT2D eigenvalue weighted by Crippen LogP contribution is -2.51. The Balaban J connectivity index is 0.673. The molecule has 5 aromatic rings. The third-order valence-corrected chi connectivity index (χ3v) is 17.0. The number of phenols is 1.